The Morgan fingerprint density at radius 3 is 2.57 bits per heavy atom. The highest BCUT2D eigenvalue weighted by Crippen LogP contribution is 2.36. The molecular weight excluding hydrogens is 406 g/mol. The second-order valence-corrected chi connectivity index (χ2v) is 6.54. The van der Waals surface area contributed by atoms with Crippen LogP contribution in [0.1, 0.15) is 22.9 Å². The van der Waals surface area contributed by atoms with Gasteiger partial charge in [-0.1, -0.05) is 37.9 Å². The highest BCUT2D eigenvalue weighted by Gasteiger charge is 2.17. The van der Waals surface area contributed by atoms with E-state index in [0.717, 1.165) is 21.9 Å². The van der Waals surface area contributed by atoms with Crippen LogP contribution in [0.25, 0.3) is 0 Å². The SMILES string of the molecule is CCOc1ccc(Br)cc1C(Br)Cc1ccc(F)cc1F. The zero-order valence-electron chi connectivity index (χ0n) is 11.4. The highest BCUT2D eigenvalue weighted by molar-refractivity contribution is 9.10. The molecular formula is C16H14Br2F2O. The normalized spacial score (nSPS) is 12.2. The van der Waals surface area contributed by atoms with E-state index in [1.807, 2.05) is 25.1 Å². The van der Waals surface area contributed by atoms with E-state index >= 15 is 0 Å². The quantitative estimate of drug-likeness (QED) is 0.556. The molecule has 0 N–H and O–H groups in total. The molecule has 0 fully saturated rings. The minimum atomic E-state index is -0.570. The van der Waals surface area contributed by atoms with Gasteiger partial charge in [0, 0.05) is 20.9 Å². The number of rotatable bonds is 5. The van der Waals surface area contributed by atoms with Gasteiger partial charge < -0.3 is 4.74 Å². The molecule has 0 aliphatic carbocycles. The first kappa shape index (κ1) is 16.4. The van der Waals surface area contributed by atoms with E-state index in [1.165, 1.54) is 12.1 Å². The van der Waals surface area contributed by atoms with Crippen molar-refractivity contribution >= 4 is 31.9 Å². The summed E-state index contributed by atoms with van der Waals surface area (Å²) in [5.74, 6) is -0.350. The number of ether oxygens (including phenoxy) is 1. The molecule has 0 saturated heterocycles. The molecule has 0 aliphatic rings. The van der Waals surface area contributed by atoms with Gasteiger partial charge >= 0.3 is 0 Å². The first-order valence-corrected chi connectivity index (χ1v) is 8.22. The molecule has 21 heavy (non-hydrogen) atoms. The maximum absolute atomic E-state index is 13.8. The lowest BCUT2D eigenvalue weighted by Gasteiger charge is -2.16. The Balaban J connectivity index is 2.27. The van der Waals surface area contributed by atoms with Crippen LogP contribution in [-0.2, 0) is 6.42 Å². The molecule has 1 atom stereocenters. The minimum absolute atomic E-state index is 0.128. The van der Waals surface area contributed by atoms with Gasteiger partial charge in [0.1, 0.15) is 17.4 Å². The van der Waals surface area contributed by atoms with Crippen LogP contribution in [0, 0.1) is 11.6 Å². The summed E-state index contributed by atoms with van der Waals surface area (Å²) >= 11 is 6.99. The largest absolute Gasteiger partial charge is 0.494 e. The van der Waals surface area contributed by atoms with Crippen LogP contribution in [0.3, 0.4) is 0 Å². The fraction of sp³-hybridized carbons (Fsp3) is 0.250. The van der Waals surface area contributed by atoms with E-state index in [-0.39, 0.29) is 4.83 Å². The summed E-state index contributed by atoms with van der Waals surface area (Å²) in [5, 5.41) is 0. The maximum Gasteiger partial charge on any atom is 0.129 e. The van der Waals surface area contributed by atoms with Crippen molar-refractivity contribution in [3.05, 3.63) is 63.6 Å². The zero-order chi connectivity index (χ0) is 15.4. The molecule has 0 bridgehead atoms. The van der Waals surface area contributed by atoms with Gasteiger partial charge in [-0.05, 0) is 43.2 Å². The van der Waals surface area contributed by atoms with Crippen molar-refractivity contribution in [1.29, 1.82) is 0 Å². The van der Waals surface area contributed by atoms with Gasteiger partial charge in [-0.2, -0.15) is 0 Å². The summed E-state index contributed by atoms with van der Waals surface area (Å²) < 4.78 is 33.2. The number of hydrogen-bond acceptors (Lipinski definition) is 1. The molecule has 0 aliphatic heterocycles. The molecule has 112 valence electrons. The van der Waals surface area contributed by atoms with Crippen molar-refractivity contribution in [1.82, 2.24) is 0 Å². The van der Waals surface area contributed by atoms with Gasteiger partial charge in [0.25, 0.3) is 0 Å². The standard InChI is InChI=1S/C16H14Br2F2O/c1-2-21-16-6-4-11(17)8-13(16)14(18)7-10-3-5-12(19)9-15(10)20/h3-6,8-9,14H,2,7H2,1H3. The highest BCUT2D eigenvalue weighted by atomic mass is 79.9. The van der Waals surface area contributed by atoms with E-state index < -0.39 is 11.6 Å². The molecule has 0 aromatic heterocycles. The topological polar surface area (TPSA) is 9.23 Å². The molecule has 2 rings (SSSR count). The summed E-state index contributed by atoms with van der Waals surface area (Å²) in [4.78, 5) is -0.128. The lowest BCUT2D eigenvalue weighted by Crippen LogP contribution is -2.03. The van der Waals surface area contributed by atoms with Crippen molar-refractivity contribution in [2.45, 2.75) is 18.2 Å². The van der Waals surface area contributed by atoms with Crippen LogP contribution in [0.15, 0.2) is 40.9 Å². The molecule has 1 nitrogen and oxygen atoms in total. The van der Waals surface area contributed by atoms with E-state index in [2.05, 4.69) is 31.9 Å². The maximum atomic E-state index is 13.8. The lowest BCUT2D eigenvalue weighted by atomic mass is 10.0. The van der Waals surface area contributed by atoms with Gasteiger partial charge in [0.15, 0.2) is 0 Å². The number of alkyl halides is 1. The molecule has 0 amide bonds. The van der Waals surface area contributed by atoms with Crippen molar-refractivity contribution in [3.63, 3.8) is 0 Å². The Bertz CT molecular complexity index is 632. The molecule has 0 saturated carbocycles. The first-order valence-electron chi connectivity index (χ1n) is 6.51. The minimum Gasteiger partial charge on any atom is -0.494 e. The van der Waals surface area contributed by atoms with E-state index in [4.69, 9.17) is 4.74 Å². The Morgan fingerprint density at radius 2 is 1.90 bits per heavy atom. The Kier molecular flexibility index (Phi) is 5.76. The average Bonchev–Trinajstić information content (AvgIpc) is 2.44. The van der Waals surface area contributed by atoms with Crippen LogP contribution in [0.4, 0.5) is 8.78 Å². The molecule has 1 unspecified atom stereocenters. The van der Waals surface area contributed by atoms with Crippen molar-refractivity contribution in [3.8, 4) is 5.75 Å². The monoisotopic (exact) mass is 418 g/mol. The number of benzene rings is 2. The van der Waals surface area contributed by atoms with Crippen molar-refractivity contribution < 1.29 is 13.5 Å². The predicted molar refractivity (Wildman–Crippen MR) is 87.0 cm³/mol. The van der Waals surface area contributed by atoms with Crippen molar-refractivity contribution in [2.75, 3.05) is 6.61 Å². The summed E-state index contributed by atoms with van der Waals surface area (Å²) in [6, 6.07) is 9.34. The van der Waals surface area contributed by atoms with Gasteiger partial charge in [-0.3, -0.25) is 0 Å². The third-order valence-corrected chi connectivity index (χ3v) is 4.33. The molecule has 0 spiro atoms. The second kappa shape index (κ2) is 7.36. The zero-order valence-corrected chi connectivity index (χ0v) is 14.5. The van der Waals surface area contributed by atoms with Crippen molar-refractivity contribution in [2.24, 2.45) is 0 Å². The third-order valence-electron chi connectivity index (χ3n) is 3.02. The Hall–Kier alpha value is -0.940. The van der Waals surface area contributed by atoms with Crippen LogP contribution in [0.2, 0.25) is 0 Å². The summed E-state index contributed by atoms with van der Waals surface area (Å²) in [6.45, 7) is 2.47. The molecule has 5 heteroatoms. The summed E-state index contributed by atoms with van der Waals surface area (Å²) in [7, 11) is 0. The molecule has 2 aromatic rings. The van der Waals surface area contributed by atoms with Gasteiger partial charge in [-0.15, -0.1) is 0 Å². The van der Waals surface area contributed by atoms with Crippen LogP contribution >= 0.6 is 31.9 Å². The molecule has 0 radical (unpaired) electrons. The first-order chi connectivity index (χ1) is 10.0. The smallest absolute Gasteiger partial charge is 0.129 e. The van der Waals surface area contributed by atoms with E-state index in [1.54, 1.807) is 0 Å². The van der Waals surface area contributed by atoms with E-state index in [9.17, 15) is 8.78 Å². The van der Waals surface area contributed by atoms with Crippen LogP contribution < -0.4 is 4.74 Å². The summed E-state index contributed by atoms with van der Waals surface area (Å²) in [6.07, 6.45) is 0.405. The Labute approximate surface area is 139 Å². The predicted octanol–water partition coefficient (Wildman–Crippen LogP) is 5.80. The number of halogens is 4. The Morgan fingerprint density at radius 1 is 1.14 bits per heavy atom. The average molecular weight is 420 g/mol. The fourth-order valence-electron chi connectivity index (χ4n) is 2.04. The van der Waals surface area contributed by atoms with Crippen LogP contribution in [-0.4, -0.2) is 6.61 Å². The number of hydrogen-bond donors (Lipinski definition) is 0. The molecule has 0 heterocycles. The van der Waals surface area contributed by atoms with Gasteiger partial charge in [-0.25, -0.2) is 8.78 Å². The van der Waals surface area contributed by atoms with Gasteiger partial charge in [0.05, 0.1) is 6.61 Å². The van der Waals surface area contributed by atoms with Crippen LogP contribution in [0.5, 0.6) is 5.75 Å². The summed E-state index contributed by atoms with van der Waals surface area (Å²) in [5.41, 5.74) is 1.38. The second-order valence-electron chi connectivity index (χ2n) is 4.52. The fourth-order valence-corrected chi connectivity index (χ4v) is 3.13. The van der Waals surface area contributed by atoms with E-state index in [0.29, 0.717) is 18.6 Å². The molecule has 2 aromatic carbocycles. The van der Waals surface area contributed by atoms with Gasteiger partial charge in [0.2, 0.25) is 0 Å². The lowest BCUT2D eigenvalue weighted by molar-refractivity contribution is 0.336. The third kappa shape index (κ3) is 4.27.